The molecule has 1 aliphatic heterocycles. The lowest BCUT2D eigenvalue weighted by Gasteiger charge is -2.31. The molecular formula is C15H15ClN4O3S. The molecule has 0 radical (unpaired) electrons. The summed E-state index contributed by atoms with van der Waals surface area (Å²) in [5.74, 6) is 0. The van der Waals surface area contributed by atoms with Crippen molar-refractivity contribution in [2.75, 3.05) is 19.7 Å². The molecule has 3 rings (SSSR count). The van der Waals surface area contributed by atoms with Crippen LogP contribution in [0.15, 0.2) is 35.5 Å². The fourth-order valence-corrected chi connectivity index (χ4v) is 4.16. The van der Waals surface area contributed by atoms with E-state index in [1.807, 2.05) is 6.07 Å². The van der Waals surface area contributed by atoms with Crippen molar-refractivity contribution in [3.63, 3.8) is 0 Å². The molecule has 0 amide bonds. The molecule has 1 aliphatic rings. The average Bonchev–Trinajstić information content (AvgIpc) is 3.02. The third kappa shape index (κ3) is 3.16. The van der Waals surface area contributed by atoms with Gasteiger partial charge in [0.2, 0.25) is 10.0 Å². The Kier molecular flexibility index (Phi) is 4.60. The first-order valence-electron chi connectivity index (χ1n) is 7.22. The van der Waals surface area contributed by atoms with E-state index in [1.165, 1.54) is 22.5 Å². The number of hydrogen-bond acceptors (Lipinski definition) is 5. The summed E-state index contributed by atoms with van der Waals surface area (Å²) in [6.07, 6.45) is 3.10. The van der Waals surface area contributed by atoms with Crippen LogP contribution in [0.2, 0.25) is 5.02 Å². The number of nitrogens with zero attached hydrogens (tertiary/aromatic N) is 4. The van der Waals surface area contributed by atoms with Gasteiger partial charge < -0.3 is 4.74 Å². The number of nitriles is 1. The molecule has 1 aromatic carbocycles. The van der Waals surface area contributed by atoms with Crippen LogP contribution in [-0.4, -0.2) is 42.2 Å². The van der Waals surface area contributed by atoms with Crippen molar-refractivity contribution in [2.24, 2.45) is 7.05 Å². The van der Waals surface area contributed by atoms with Crippen molar-refractivity contribution < 1.29 is 13.2 Å². The Morgan fingerprint density at radius 2 is 2.25 bits per heavy atom. The second-order valence-corrected chi connectivity index (χ2v) is 7.77. The van der Waals surface area contributed by atoms with Crippen LogP contribution in [-0.2, 0) is 21.8 Å². The molecule has 2 aromatic rings. The minimum Gasteiger partial charge on any atom is -0.371 e. The lowest BCUT2D eigenvalue weighted by Crippen LogP contribution is -2.42. The SMILES string of the molecule is Cn1cc(C2CN(S(=O)(=O)c3ccc(Cl)c(C#N)c3)CCO2)cn1. The summed E-state index contributed by atoms with van der Waals surface area (Å²) in [6.45, 7) is 0.736. The van der Waals surface area contributed by atoms with Gasteiger partial charge in [-0.25, -0.2) is 8.42 Å². The van der Waals surface area contributed by atoms with Crippen molar-refractivity contribution in [3.8, 4) is 6.07 Å². The van der Waals surface area contributed by atoms with Crippen molar-refractivity contribution in [2.45, 2.75) is 11.0 Å². The molecule has 1 fully saturated rings. The van der Waals surface area contributed by atoms with Crippen LogP contribution in [0.3, 0.4) is 0 Å². The van der Waals surface area contributed by atoms with Gasteiger partial charge in [0, 0.05) is 31.9 Å². The molecule has 0 saturated carbocycles. The van der Waals surface area contributed by atoms with E-state index in [-0.39, 0.29) is 41.3 Å². The number of rotatable bonds is 3. The Balaban J connectivity index is 1.88. The van der Waals surface area contributed by atoms with Crippen molar-refractivity contribution in [1.29, 1.82) is 5.26 Å². The highest BCUT2D eigenvalue weighted by Crippen LogP contribution is 2.27. The third-order valence-electron chi connectivity index (χ3n) is 3.82. The summed E-state index contributed by atoms with van der Waals surface area (Å²) in [5, 5.41) is 13.4. The minimum absolute atomic E-state index is 0.0512. The van der Waals surface area contributed by atoms with Crippen molar-refractivity contribution in [3.05, 3.63) is 46.7 Å². The number of halogens is 1. The topological polar surface area (TPSA) is 88.2 Å². The second-order valence-electron chi connectivity index (χ2n) is 5.42. The standard InChI is InChI=1S/C15H15ClN4O3S/c1-19-9-12(8-18-19)15-10-20(4-5-23-15)24(21,22)13-2-3-14(16)11(6-13)7-17/h2-3,6,8-9,15H,4-5,10H2,1H3. The predicted molar refractivity (Wildman–Crippen MR) is 86.8 cm³/mol. The Labute approximate surface area is 145 Å². The highest BCUT2D eigenvalue weighted by Gasteiger charge is 2.32. The highest BCUT2D eigenvalue weighted by atomic mass is 35.5. The zero-order valence-corrected chi connectivity index (χ0v) is 14.5. The summed E-state index contributed by atoms with van der Waals surface area (Å²) in [6, 6.07) is 6.03. The highest BCUT2D eigenvalue weighted by molar-refractivity contribution is 7.89. The van der Waals surface area contributed by atoms with E-state index in [4.69, 9.17) is 21.6 Å². The fraction of sp³-hybridized carbons (Fsp3) is 0.333. The first kappa shape index (κ1) is 16.9. The smallest absolute Gasteiger partial charge is 0.243 e. The van der Waals surface area contributed by atoms with E-state index in [2.05, 4.69) is 5.10 Å². The van der Waals surface area contributed by atoms with Crippen LogP contribution in [0.4, 0.5) is 0 Å². The van der Waals surface area contributed by atoms with E-state index in [9.17, 15) is 8.42 Å². The second kappa shape index (κ2) is 6.53. The van der Waals surface area contributed by atoms with E-state index in [1.54, 1.807) is 24.1 Å². The van der Waals surface area contributed by atoms with Gasteiger partial charge in [-0.3, -0.25) is 4.68 Å². The maximum Gasteiger partial charge on any atom is 0.243 e. The van der Waals surface area contributed by atoms with Gasteiger partial charge in [-0.2, -0.15) is 14.7 Å². The molecule has 0 bridgehead atoms. The molecule has 0 N–H and O–H groups in total. The Morgan fingerprint density at radius 3 is 2.92 bits per heavy atom. The number of benzene rings is 1. The van der Waals surface area contributed by atoms with Crippen LogP contribution in [0, 0.1) is 11.3 Å². The molecule has 126 valence electrons. The molecule has 7 nitrogen and oxygen atoms in total. The van der Waals surface area contributed by atoms with Gasteiger partial charge in [-0.15, -0.1) is 0 Å². The number of morpholine rings is 1. The molecule has 1 aromatic heterocycles. The maximum absolute atomic E-state index is 12.8. The Morgan fingerprint density at radius 1 is 1.46 bits per heavy atom. The quantitative estimate of drug-likeness (QED) is 0.825. The van der Waals surface area contributed by atoms with E-state index >= 15 is 0 Å². The van der Waals surface area contributed by atoms with E-state index in [0.717, 1.165) is 5.56 Å². The minimum atomic E-state index is -3.73. The molecule has 9 heteroatoms. The van der Waals surface area contributed by atoms with Gasteiger partial charge >= 0.3 is 0 Å². The Bertz CT molecular complexity index is 904. The number of ether oxygens (including phenoxy) is 1. The predicted octanol–water partition coefficient (Wildman–Crippen LogP) is 1.71. The van der Waals surface area contributed by atoms with Crippen LogP contribution >= 0.6 is 11.6 Å². The largest absolute Gasteiger partial charge is 0.371 e. The molecule has 24 heavy (non-hydrogen) atoms. The van der Waals surface area contributed by atoms with Gasteiger partial charge in [0.1, 0.15) is 6.07 Å². The van der Waals surface area contributed by atoms with Crippen LogP contribution in [0.5, 0.6) is 0 Å². The molecule has 0 spiro atoms. The zero-order valence-electron chi connectivity index (χ0n) is 12.9. The molecule has 1 atom stereocenters. The fourth-order valence-electron chi connectivity index (χ4n) is 2.55. The number of hydrogen-bond donors (Lipinski definition) is 0. The van der Waals surface area contributed by atoms with Crippen molar-refractivity contribution >= 4 is 21.6 Å². The lowest BCUT2D eigenvalue weighted by molar-refractivity contribution is -0.00259. The number of aromatic nitrogens is 2. The third-order valence-corrected chi connectivity index (χ3v) is 6.01. The molecule has 1 unspecified atom stereocenters. The normalized spacial score (nSPS) is 19.1. The Hall–Kier alpha value is -1.92. The van der Waals surface area contributed by atoms with Gasteiger partial charge in [0.05, 0.1) is 34.4 Å². The first-order valence-corrected chi connectivity index (χ1v) is 9.03. The summed E-state index contributed by atoms with van der Waals surface area (Å²) >= 11 is 5.88. The summed E-state index contributed by atoms with van der Waals surface area (Å²) < 4.78 is 34.4. The van der Waals surface area contributed by atoms with Crippen LogP contribution in [0.25, 0.3) is 0 Å². The monoisotopic (exact) mass is 366 g/mol. The number of sulfonamides is 1. The first-order chi connectivity index (χ1) is 11.4. The average molecular weight is 367 g/mol. The van der Waals surface area contributed by atoms with Crippen molar-refractivity contribution in [1.82, 2.24) is 14.1 Å². The zero-order chi connectivity index (χ0) is 17.3. The van der Waals surface area contributed by atoms with E-state index < -0.39 is 10.0 Å². The van der Waals surface area contributed by atoms with Crippen LogP contribution < -0.4 is 0 Å². The van der Waals surface area contributed by atoms with E-state index in [0.29, 0.717) is 0 Å². The molecular weight excluding hydrogens is 352 g/mol. The van der Waals surface area contributed by atoms with Gasteiger partial charge in [-0.05, 0) is 18.2 Å². The molecule has 1 saturated heterocycles. The van der Waals surface area contributed by atoms with Gasteiger partial charge in [0.25, 0.3) is 0 Å². The van der Waals surface area contributed by atoms with Gasteiger partial charge in [-0.1, -0.05) is 11.6 Å². The summed E-state index contributed by atoms with van der Waals surface area (Å²) in [5.41, 5.74) is 0.959. The summed E-state index contributed by atoms with van der Waals surface area (Å²) in [4.78, 5) is 0.0512. The molecule has 0 aliphatic carbocycles. The maximum atomic E-state index is 12.8. The molecule has 2 heterocycles. The van der Waals surface area contributed by atoms with Crippen LogP contribution in [0.1, 0.15) is 17.2 Å². The number of aryl methyl sites for hydroxylation is 1. The van der Waals surface area contributed by atoms with Gasteiger partial charge in [0.15, 0.2) is 0 Å². The summed E-state index contributed by atoms with van der Waals surface area (Å²) in [7, 11) is -1.94. The lowest BCUT2D eigenvalue weighted by atomic mass is 10.2.